The standard InChI is InChI=1S/C24H22N4/c1-15-16(2)28(4)24(27(15)3)20-8-7-18-9-21-11-19(23(13-25)14-26)6-5-17(21)10-22(18)12-20/h5-13,25H,1-4H3/b23-19-,25-13?. The Hall–Kier alpha value is -3.58. The molecule has 138 valence electrons. The fraction of sp³-hybridized carbons (Fsp3) is 0.167. The van der Waals surface area contributed by atoms with Gasteiger partial charge in [-0.25, -0.2) is 0 Å². The number of fused-ring (bicyclic) bond motifs is 2. The van der Waals surface area contributed by atoms with Crippen LogP contribution in [0.25, 0.3) is 32.9 Å². The molecule has 1 aliphatic heterocycles. The van der Waals surface area contributed by atoms with E-state index in [2.05, 4.69) is 74.1 Å². The Bertz CT molecular complexity index is 1320. The van der Waals surface area contributed by atoms with E-state index in [4.69, 9.17) is 5.41 Å². The highest BCUT2D eigenvalue weighted by molar-refractivity contribution is 6.07. The molecule has 0 bridgehead atoms. The van der Waals surface area contributed by atoms with Gasteiger partial charge in [-0.3, -0.25) is 0 Å². The van der Waals surface area contributed by atoms with Crippen LogP contribution in [-0.4, -0.2) is 30.1 Å². The van der Waals surface area contributed by atoms with Gasteiger partial charge in [0, 0.05) is 36.9 Å². The average Bonchev–Trinajstić information content (AvgIpc) is 2.90. The van der Waals surface area contributed by atoms with Crippen LogP contribution in [0.3, 0.4) is 0 Å². The first-order valence-corrected chi connectivity index (χ1v) is 9.22. The second-order valence-corrected chi connectivity index (χ2v) is 7.26. The Morgan fingerprint density at radius 1 is 0.857 bits per heavy atom. The van der Waals surface area contributed by atoms with Crippen LogP contribution >= 0.6 is 0 Å². The SMILES string of the molecule is CC1=C(C)N(C)C(=c2ccc3cc4c/c(=C(\C#N)C=N)ccc4cc3c2)N1C. The van der Waals surface area contributed by atoms with Gasteiger partial charge in [0.1, 0.15) is 11.9 Å². The summed E-state index contributed by atoms with van der Waals surface area (Å²) in [7, 11) is 4.22. The number of hydrogen-bond donors (Lipinski definition) is 1. The van der Waals surface area contributed by atoms with Crippen molar-refractivity contribution in [3.63, 3.8) is 0 Å². The lowest BCUT2D eigenvalue weighted by molar-refractivity contribution is 0.517. The molecule has 4 nitrogen and oxygen atoms in total. The Labute approximate surface area is 164 Å². The molecule has 0 saturated carbocycles. The molecule has 4 heteroatoms. The first-order valence-electron chi connectivity index (χ1n) is 9.22. The van der Waals surface area contributed by atoms with Crippen LogP contribution in [0.4, 0.5) is 0 Å². The summed E-state index contributed by atoms with van der Waals surface area (Å²) in [5.41, 5.74) is 2.90. The van der Waals surface area contributed by atoms with Gasteiger partial charge in [0.15, 0.2) is 0 Å². The minimum atomic E-state index is 0.374. The van der Waals surface area contributed by atoms with Crippen LogP contribution in [0, 0.1) is 16.7 Å². The van der Waals surface area contributed by atoms with E-state index in [0.29, 0.717) is 5.57 Å². The van der Waals surface area contributed by atoms with Gasteiger partial charge in [0.2, 0.25) is 0 Å². The first-order chi connectivity index (χ1) is 13.4. The topological polar surface area (TPSA) is 54.1 Å². The van der Waals surface area contributed by atoms with Crippen molar-refractivity contribution in [1.29, 1.82) is 10.7 Å². The van der Waals surface area contributed by atoms with E-state index in [0.717, 1.165) is 27.6 Å². The molecule has 0 aromatic heterocycles. The van der Waals surface area contributed by atoms with Gasteiger partial charge in [-0.2, -0.15) is 5.26 Å². The highest BCUT2D eigenvalue weighted by Crippen LogP contribution is 2.29. The van der Waals surface area contributed by atoms with Crippen molar-refractivity contribution in [1.82, 2.24) is 9.80 Å². The molecular weight excluding hydrogens is 344 g/mol. The van der Waals surface area contributed by atoms with Crippen LogP contribution in [0.2, 0.25) is 0 Å². The van der Waals surface area contributed by atoms with Crippen molar-refractivity contribution in [2.45, 2.75) is 13.8 Å². The van der Waals surface area contributed by atoms with Crippen molar-refractivity contribution >= 4 is 39.2 Å². The molecule has 4 rings (SSSR count). The predicted octanol–water partition coefficient (Wildman–Crippen LogP) is 3.51. The van der Waals surface area contributed by atoms with E-state index < -0.39 is 0 Å². The highest BCUT2D eigenvalue weighted by atomic mass is 15.4. The van der Waals surface area contributed by atoms with E-state index in [1.54, 1.807) is 0 Å². The monoisotopic (exact) mass is 366 g/mol. The normalized spacial score (nSPS) is 15.5. The quantitative estimate of drug-likeness (QED) is 0.530. The van der Waals surface area contributed by atoms with Crippen molar-refractivity contribution in [3.05, 3.63) is 70.4 Å². The molecule has 0 aliphatic carbocycles. The van der Waals surface area contributed by atoms with Crippen LogP contribution in [0.5, 0.6) is 0 Å². The Kier molecular flexibility index (Phi) is 4.16. The summed E-state index contributed by atoms with van der Waals surface area (Å²) in [4.78, 5) is 4.47. The first kappa shape index (κ1) is 17.8. The second-order valence-electron chi connectivity index (χ2n) is 7.26. The van der Waals surface area contributed by atoms with Crippen LogP contribution in [0.1, 0.15) is 13.8 Å². The van der Waals surface area contributed by atoms with E-state index in [9.17, 15) is 5.26 Å². The van der Waals surface area contributed by atoms with Gasteiger partial charge in [-0.05, 0) is 64.9 Å². The predicted molar refractivity (Wildman–Crippen MR) is 116 cm³/mol. The van der Waals surface area contributed by atoms with Crippen LogP contribution in [-0.2, 0) is 0 Å². The molecule has 0 unspecified atom stereocenters. The van der Waals surface area contributed by atoms with Crippen LogP contribution < -0.4 is 10.4 Å². The third-order valence-electron chi connectivity index (χ3n) is 5.79. The van der Waals surface area contributed by atoms with Gasteiger partial charge >= 0.3 is 0 Å². The lowest BCUT2D eigenvalue weighted by atomic mass is 10.0. The maximum atomic E-state index is 9.19. The summed E-state index contributed by atoms with van der Waals surface area (Å²) in [6.07, 6.45) is 1.11. The number of rotatable bonds is 1. The fourth-order valence-electron chi connectivity index (χ4n) is 3.90. The lowest BCUT2D eigenvalue weighted by Crippen LogP contribution is -2.25. The van der Waals surface area contributed by atoms with Crippen molar-refractivity contribution in [2.75, 3.05) is 14.1 Å². The molecule has 28 heavy (non-hydrogen) atoms. The van der Waals surface area contributed by atoms with Crippen LogP contribution in [0.15, 0.2) is 59.9 Å². The molecule has 0 fully saturated rings. The lowest BCUT2D eigenvalue weighted by Gasteiger charge is -2.20. The Morgan fingerprint density at radius 3 is 2.00 bits per heavy atom. The molecule has 0 amide bonds. The minimum Gasteiger partial charge on any atom is -0.333 e. The summed E-state index contributed by atoms with van der Waals surface area (Å²) in [6.45, 7) is 4.29. The van der Waals surface area contributed by atoms with Crippen molar-refractivity contribution < 1.29 is 0 Å². The van der Waals surface area contributed by atoms with E-state index in [-0.39, 0.29) is 0 Å². The van der Waals surface area contributed by atoms with E-state index in [1.807, 2.05) is 18.2 Å². The fourth-order valence-corrected chi connectivity index (χ4v) is 3.90. The zero-order valence-corrected chi connectivity index (χ0v) is 16.5. The third-order valence-corrected chi connectivity index (χ3v) is 5.79. The number of nitrogens with one attached hydrogen (secondary N) is 1. The van der Waals surface area contributed by atoms with Crippen molar-refractivity contribution in [2.24, 2.45) is 0 Å². The third kappa shape index (κ3) is 2.64. The maximum Gasteiger partial charge on any atom is 0.119 e. The molecule has 0 atom stereocenters. The zero-order chi connectivity index (χ0) is 20.0. The largest absolute Gasteiger partial charge is 0.333 e. The summed E-state index contributed by atoms with van der Waals surface area (Å²) >= 11 is 0. The minimum absolute atomic E-state index is 0.374. The maximum absolute atomic E-state index is 9.19. The number of benzene rings is 3. The molecule has 1 N–H and O–H groups in total. The summed E-state index contributed by atoms with van der Waals surface area (Å²) in [6, 6.07) is 18.9. The zero-order valence-electron chi connectivity index (χ0n) is 16.5. The molecular formula is C24H22N4. The Balaban J connectivity index is 1.96. The highest BCUT2D eigenvalue weighted by Gasteiger charge is 2.23. The number of nitrogens with zero attached hydrogens (tertiary/aromatic N) is 3. The van der Waals surface area contributed by atoms with Gasteiger partial charge in [-0.1, -0.05) is 24.3 Å². The van der Waals surface area contributed by atoms with E-state index >= 15 is 0 Å². The van der Waals surface area contributed by atoms with Crippen molar-refractivity contribution in [3.8, 4) is 6.07 Å². The summed E-state index contributed by atoms with van der Waals surface area (Å²) in [5, 5.41) is 23.1. The average molecular weight is 366 g/mol. The van der Waals surface area contributed by atoms with Gasteiger partial charge in [0.25, 0.3) is 0 Å². The van der Waals surface area contributed by atoms with Gasteiger partial charge in [-0.15, -0.1) is 0 Å². The molecule has 0 spiro atoms. The summed E-state index contributed by atoms with van der Waals surface area (Å²) in [5.74, 6) is 1.19. The smallest absolute Gasteiger partial charge is 0.119 e. The molecule has 3 aromatic carbocycles. The number of nitriles is 1. The Morgan fingerprint density at radius 2 is 1.43 bits per heavy atom. The van der Waals surface area contributed by atoms with E-state index in [1.165, 1.54) is 27.8 Å². The number of hydrogen-bond acceptors (Lipinski definition) is 4. The van der Waals surface area contributed by atoms with Gasteiger partial charge in [0.05, 0.1) is 5.57 Å². The summed E-state index contributed by atoms with van der Waals surface area (Å²) < 4.78 is 0. The molecule has 1 aliphatic rings. The number of allylic oxidation sites excluding steroid dienone is 2. The molecule has 1 heterocycles. The molecule has 0 radical (unpaired) electrons. The molecule has 3 aromatic rings. The second kappa shape index (κ2) is 6.54. The van der Waals surface area contributed by atoms with Gasteiger partial charge < -0.3 is 15.2 Å². The molecule has 0 saturated heterocycles.